The Hall–Kier alpha value is -3.08. The molecule has 0 aromatic heterocycles. The highest BCUT2D eigenvalue weighted by molar-refractivity contribution is 6.07. The smallest absolute Gasteiger partial charge is 0.311 e. The Morgan fingerprint density at radius 1 is 1.04 bits per heavy atom. The van der Waals surface area contributed by atoms with E-state index in [1.165, 1.54) is 18.2 Å². The number of phenols is 1. The van der Waals surface area contributed by atoms with Crippen molar-refractivity contribution in [3.63, 3.8) is 0 Å². The quantitative estimate of drug-likeness (QED) is 0.227. The molecular weight excluding hydrogens is 344 g/mol. The van der Waals surface area contributed by atoms with E-state index < -0.39 is 0 Å². The lowest BCUT2D eigenvalue weighted by Crippen LogP contribution is -2.07. The summed E-state index contributed by atoms with van der Waals surface area (Å²) in [5.74, 6) is 0.387. The molecule has 0 amide bonds. The molecule has 0 spiro atoms. The third-order valence-corrected chi connectivity index (χ3v) is 4.01. The SMILES string of the molecule is CCCCCC(=O)Oc1ccc(C=CC(=O)c2ccc(OC)cc2)c(O)c1. The molecule has 0 atom stereocenters. The van der Waals surface area contributed by atoms with Gasteiger partial charge in [-0.2, -0.15) is 0 Å². The Kier molecular flexibility index (Phi) is 7.62. The van der Waals surface area contributed by atoms with Crippen LogP contribution in [-0.2, 0) is 4.79 Å². The number of methoxy groups -OCH3 is 1. The Labute approximate surface area is 159 Å². The number of carbonyl (C=O) groups excluding carboxylic acids is 2. The molecule has 0 unspecified atom stereocenters. The summed E-state index contributed by atoms with van der Waals surface area (Å²) in [5, 5.41) is 10.1. The predicted octanol–water partition coefficient (Wildman–Crippen LogP) is 4.78. The molecule has 0 aliphatic heterocycles. The van der Waals surface area contributed by atoms with Crippen molar-refractivity contribution < 1.29 is 24.2 Å². The zero-order chi connectivity index (χ0) is 19.6. The molecule has 5 heteroatoms. The minimum Gasteiger partial charge on any atom is -0.507 e. The largest absolute Gasteiger partial charge is 0.507 e. The minimum absolute atomic E-state index is 0.0624. The van der Waals surface area contributed by atoms with E-state index in [4.69, 9.17) is 9.47 Å². The van der Waals surface area contributed by atoms with Gasteiger partial charge in [-0.1, -0.05) is 19.8 Å². The maximum Gasteiger partial charge on any atom is 0.311 e. The first-order valence-electron chi connectivity index (χ1n) is 8.93. The normalized spacial score (nSPS) is 10.7. The van der Waals surface area contributed by atoms with E-state index in [1.54, 1.807) is 43.5 Å². The first-order chi connectivity index (χ1) is 13.0. The Morgan fingerprint density at radius 2 is 1.74 bits per heavy atom. The van der Waals surface area contributed by atoms with Crippen LogP contribution in [0.1, 0.15) is 48.5 Å². The lowest BCUT2D eigenvalue weighted by Gasteiger charge is -2.06. The van der Waals surface area contributed by atoms with Crippen LogP contribution in [0.15, 0.2) is 48.5 Å². The molecule has 0 aliphatic rings. The van der Waals surface area contributed by atoms with Crippen molar-refractivity contribution in [2.24, 2.45) is 0 Å². The Morgan fingerprint density at radius 3 is 2.37 bits per heavy atom. The lowest BCUT2D eigenvalue weighted by atomic mass is 10.1. The molecule has 1 N–H and O–H groups in total. The van der Waals surface area contributed by atoms with Crippen molar-refractivity contribution in [1.82, 2.24) is 0 Å². The van der Waals surface area contributed by atoms with Gasteiger partial charge in [0.05, 0.1) is 7.11 Å². The highest BCUT2D eigenvalue weighted by Gasteiger charge is 2.08. The Bertz CT molecular complexity index is 806. The van der Waals surface area contributed by atoms with Crippen LogP contribution in [0.4, 0.5) is 0 Å². The van der Waals surface area contributed by atoms with Gasteiger partial charge in [0, 0.05) is 23.6 Å². The Balaban J connectivity index is 1.99. The fourth-order valence-electron chi connectivity index (χ4n) is 2.45. The number of hydrogen-bond acceptors (Lipinski definition) is 5. The van der Waals surface area contributed by atoms with Gasteiger partial charge < -0.3 is 14.6 Å². The molecule has 2 aromatic rings. The van der Waals surface area contributed by atoms with Gasteiger partial charge in [0.2, 0.25) is 0 Å². The number of hydrogen-bond donors (Lipinski definition) is 1. The monoisotopic (exact) mass is 368 g/mol. The third-order valence-electron chi connectivity index (χ3n) is 4.01. The van der Waals surface area contributed by atoms with Crippen molar-refractivity contribution in [3.05, 3.63) is 59.7 Å². The zero-order valence-corrected chi connectivity index (χ0v) is 15.6. The number of carbonyl (C=O) groups is 2. The second-order valence-corrected chi connectivity index (χ2v) is 6.08. The first kappa shape index (κ1) is 20.2. The molecule has 0 saturated heterocycles. The maximum atomic E-state index is 12.2. The number of aromatic hydroxyl groups is 1. The number of unbranched alkanes of at least 4 members (excludes halogenated alkanes) is 2. The molecule has 5 nitrogen and oxygen atoms in total. The van der Waals surface area contributed by atoms with Gasteiger partial charge in [-0.15, -0.1) is 0 Å². The summed E-state index contributed by atoms with van der Waals surface area (Å²) in [4.78, 5) is 23.9. The first-order valence-corrected chi connectivity index (χ1v) is 8.93. The number of benzene rings is 2. The fourth-order valence-corrected chi connectivity index (χ4v) is 2.45. The van der Waals surface area contributed by atoms with E-state index in [1.807, 2.05) is 0 Å². The average molecular weight is 368 g/mol. The van der Waals surface area contributed by atoms with Crippen LogP contribution in [0.3, 0.4) is 0 Å². The van der Waals surface area contributed by atoms with Crippen molar-refractivity contribution in [2.45, 2.75) is 32.6 Å². The van der Waals surface area contributed by atoms with E-state index >= 15 is 0 Å². The van der Waals surface area contributed by atoms with Gasteiger partial charge in [0.25, 0.3) is 0 Å². The molecule has 0 saturated carbocycles. The fraction of sp³-hybridized carbons (Fsp3) is 0.273. The molecule has 2 aromatic carbocycles. The lowest BCUT2D eigenvalue weighted by molar-refractivity contribution is -0.134. The highest BCUT2D eigenvalue weighted by Crippen LogP contribution is 2.25. The zero-order valence-electron chi connectivity index (χ0n) is 15.6. The van der Waals surface area contributed by atoms with E-state index in [9.17, 15) is 14.7 Å². The second-order valence-electron chi connectivity index (χ2n) is 6.08. The van der Waals surface area contributed by atoms with Gasteiger partial charge in [0.1, 0.15) is 17.2 Å². The summed E-state index contributed by atoms with van der Waals surface area (Å²) in [5.41, 5.74) is 0.979. The molecule has 0 radical (unpaired) electrons. The molecule has 0 heterocycles. The van der Waals surface area contributed by atoms with Gasteiger partial charge in [0.15, 0.2) is 5.78 Å². The number of rotatable bonds is 9. The predicted molar refractivity (Wildman–Crippen MR) is 104 cm³/mol. The summed E-state index contributed by atoms with van der Waals surface area (Å²) >= 11 is 0. The van der Waals surface area contributed by atoms with E-state index in [-0.39, 0.29) is 23.3 Å². The van der Waals surface area contributed by atoms with Crippen LogP contribution >= 0.6 is 0 Å². The third kappa shape index (κ3) is 6.29. The molecule has 0 bridgehead atoms. The van der Waals surface area contributed by atoms with Crippen LogP contribution in [0.5, 0.6) is 17.2 Å². The average Bonchev–Trinajstić information content (AvgIpc) is 2.67. The van der Waals surface area contributed by atoms with E-state index in [0.717, 1.165) is 19.3 Å². The molecule has 2 rings (SSSR count). The second kappa shape index (κ2) is 10.2. The van der Waals surface area contributed by atoms with Gasteiger partial charge in [-0.05, 0) is 55.0 Å². The number of ether oxygens (including phenoxy) is 2. The number of ketones is 1. The molecule has 27 heavy (non-hydrogen) atoms. The van der Waals surface area contributed by atoms with Crippen molar-refractivity contribution in [1.29, 1.82) is 0 Å². The van der Waals surface area contributed by atoms with Crippen LogP contribution in [0, 0.1) is 0 Å². The van der Waals surface area contributed by atoms with Crippen LogP contribution in [0.2, 0.25) is 0 Å². The molecule has 0 aliphatic carbocycles. The topological polar surface area (TPSA) is 72.8 Å². The van der Waals surface area contributed by atoms with Crippen LogP contribution in [0.25, 0.3) is 6.08 Å². The number of allylic oxidation sites excluding steroid dienone is 1. The van der Waals surface area contributed by atoms with Crippen molar-refractivity contribution in [3.8, 4) is 17.2 Å². The van der Waals surface area contributed by atoms with Crippen LogP contribution < -0.4 is 9.47 Å². The highest BCUT2D eigenvalue weighted by atomic mass is 16.5. The van der Waals surface area contributed by atoms with E-state index in [2.05, 4.69) is 6.92 Å². The number of esters is 1. The van der Waals surface area contributed by atoms with Crippen LogP contribution in [-0.4, -0.2) is 24.0 Å². The maximum absolute atomic E-state index is 12.2. The summed E-state index contributed by atoms with van der Waals surface area (Å²) in [6.45, 7) is 2.06. The molecule has 0 fully saturated rings. The van der Waals surface area contributed by atoms with Gasteiger partial charge >= 0.3 is 5.97 Å². The van der Waals surface area contributed by atoms with Gasteiger partial charge in [-0.3, -0.25) is 9.59 Å². The number of phenolic OH excluding ortho intramolecular Hbond substituents is 1. The van der Waals surface area contributed by atoms with Gasteiger partial charge in [-0.25, -0.2) is 0 Å². The standard InChI is InChI=1S/C22H24O5/c1-3-4-5-6-22(25)27-19-13-9-17(21(24)15-19)10-14-20(23)16-7-11-18(26-2)12-8-16/h7-15,24H,3-6H2,1-2H3. The summed E-state index contributed by atoms with van der Waals surface area (Å²) in [6.07, 6.45) is 6.06. The van der Waals surface area contributed by atoms with Crippen molar-refractivity contribution >= 4 is 17.8 Å². The summed E-state index contributed by atoms with van der Waals surface area (Å²) < 4.78 is 10.3. The minimum atomic E-state index is -0.319. The molecule has 142 valence electrons. The summed E-state index contributed by atoms with van der Waals surface area (Å²) in [6, 6.07) is 11.3. The summed E-state index contributed by atoms with van der Waals surface area (Å²) in [7, 11) is 1.56. The molecular formula is C22H24O5. The van der Waals surface area contributed by atoms with Crippen molar-refractivity contribution in [2.75, 3.05) is 7.11 Å². The van der Waals surface area contributed by atoms with E-state index in [0.29, 0.717) is 23.3 Å².